The molecule has 5 nitrogen and oxygen atoms in total. The molecule has 0 spiro atoms. The van der Waals surface area contributed by atoms with Crippen LogP contribution in [0, 0.1) is 5.92 Å². The van der Waals surface area contributed by atoms with Crippen LogP contribution in [0.25, 0.3) is 0 Å². The summed E-state index contributed by atoms with van der Waals surface area (Å²) in [4.78, 5) is 29.4. The Bertz CT molecular complexity index is 871. The minimum atomic E-state index is 0.0423. The lowest BCUT2D eigenvalue weighted by molar-refractivity contribution is -0.123. The van der Waals surface area contributed by atoms with Crippen LogP contribution < -0.4 is 5.32 Å². The van der Waals surface area contributed by atoms with Gasteiger partial charge in [-0.3, -0.25) is 14.5 Å². The maximum absolute atomic E-state index is 12.7. The Hall–Kier alpha value is -2.66. The van der Waals surface area contributed by atoms with E-state index in [2.05, 4.69) is 29.3 Å². The van der Waals surface area contributed by atoms with Crippen LogP contribution in [0.3, 0.4) is 0 Å². The summed E-state index contributed by atoms with van der Waals surface area (Å²) in [5, 5.41) is 3.06. The zero-order chi connectivity index (χ0) is 21.6. The van der Waals surface area contributed by atoms with Crippen molar-refractivity contribution < 1.29 is 9.59 Å². The Kier molecular flexibility index (Phi) is 7.03. The van der Waals surface area contributed by atoms with Gasteiger partial charge in [0.25, 0.3) is 5.91 Å². The normalized spacial score (nSPS) is 17.0. The molecule has 2 aromatic rings. The molecule has 1 saturated carbocycles. The molecule has 2 fully saturated rings. The summed E-state index contributed by atoms with van der Waals surface area (Å²) >= 11 is 0. The number of amides is 2. The summed E-state index contributed by atoms with van der Waals surface area (Å²) < 4.78 is 0. The van der Waals surface area contributed by atoms with E-state index in [-0.39, 0.29) is 11.8 Å². The zero-order valence-electron chi connectivity index (χ0n) is 18.4. The zero-order valence-corrected chi connectivity index (χ0v) is 18.4. The Labute approximate surface area is 185 Å². The standard InChI is InChI=1S/C26H33N3O2/c1-20(23-13-14-23)29(18-22-7-3-2-4-8-22)19-25(30)27-17-21-9-11-24(12-10-21)26(31)28-15-5-6-16-28/h2-4,7-12,20,23H,5-6,13-19H2,1H3,(H,27,30). The number of likely N-dealkylation sites (tertiary alicyclic amines) is 1. The van der Waals surface area contributed by atoms with Gasteiger partial charge in [0.2, 0.25) is 5.91 Å². The van der Waals surface area contributed by atoms with E-state index in [0.717, 1.165) is 43.6 Å². The van der Waals surface area contributed by atoms with Gasteiger partial charge in [-0.05, 0) is 61.8 Å². The number of carbonyl (C=O) groups excluding carboxylic acids is 2. The highest BCUT2D eigenvalue weighted by Gasteiger charge is 2.32. The Morgan fingerprint density at radius 2 is 1.68 bits per heavy atom. The van der Waals surface area contributed by atoms with E-state index in [0.29, 0.717) is 25.0 Å². The van der Waals surface area contributed by atoms with Gasteiger partial charge >= 0.3 is 0 Å². The highest BCUT2D eigenvalue weighted by atomic mass is 16.2. The SMILES string of the molecule is CC(C1CC1)N(CC(=O)NCc1ccc(C(=O)N2CCCC2)cc1)Cc1ccccc1. The van der Waals surface area contributed by atoms with Gasteiger partial charge in [0.15, 0.2) is 0 Å². The fourth-order valence-corrected chi connectivity index (χ4v) is 4.35. The van der Waals surface area contributed by atoms with Crippen LogP contribution in [-0.4, -0.2) is 47.3 Å². The van der Waals surface area contributed by atoms with Crippen LogP contribution in [0.4, 0.5) is 0 Å². The van der Waals surface area contributed by atoms with E-state index in [1.165, 1.54) is 18.4 Å². The number of benzene rings is 2. The maximum atomic E-state index is 12.7. The predicted octanol–water partition coefficient (Wildman–Crippen LogP) is 3.84. The summed E-state index contributed by atoms with van der Waals surface area (Å²) in [5.41, 5.74) is 2.97. The van der Waals surface area contributed by atoms with Gasteiger partial charge in [-0.15, -0.1) is 0 Å². The molecule has 31 heavy (non-hydrogen) atoms. The van der Waals surface area contributed by atoms with Gasteiger partial charge in [-0.1, -0.05) is 42.5 Å². The second-order valence-corrected chi connectivity index (χ2v) is 8.94. The average Bonchev–Trinajstić information content (AvgIpc) is 3.51. The third kappa shape index (κ3) is 5.95. The molecule has 5 heteroatoms. The van der Waals surface area contributed by atoms with Crippen LogP contribution >= 0.6 is 0 Å². The van der Waals surface area contributed by atoms with Gasteiger partial charge in [-0.25, -0.2) is 0 Å². The molecular weight excluding hydrogens is 386 g/mol. The molecule has 164 valence electrons. The van der Waals surface area contributed by atoms with Gasteiger partial charge in [-0.2, -0.15) is 0 Å². The fourth-order valence-electron chi connectivity index (χ4n) is 4.35. The van der Waals surface area contributed by atoms with Gasteiger partial charge in [0.1, 0.15) is 0 Å². The van der Waals surface area contributed by atoms with E-state index in [9.17, 15) is 9.59 Å². The van der Waals surface area contributed by atoms with Crippen molar-refractivity contribution in [2.24, 2.45) is 5.92 Å². The van der Waals surface area contributed by atoms with Gasteiger partial charge in [0, 0.05) is 37.8 Å². The summed E-state index contributed by atoms with van der Waals surface area (Å²) in [7, 11) is 0. The molecule has 2 amide bonds. The van der Waals surface area contributed by atoms with Crippen molar-refractivity contribution >= 4 is 11.8 Å². The molecule has 0 aromatic heterocycles. The van der Waals surface area contributed by atoms with E-state index < -0.39 is 0 Å². The fraction of sp³-hybridized carbons (Fsp3) is 0.462. The molecule has 4 rings (SSSR count). The van der Waals surface area contributed by atoms with Crippen molar-refractivity contribution in [1.82, 2.24) is 15.1 Å². The first-order valence-corrected chi connectivity index (χ1v) is 11.5. The smallest absolute Gasteiger partial charge is 0.253 e. The largest absolute Gasteiger partial charge is 0.351 e. The van der Waals surface area contributed by atoms with Crippen molar-refractivity contribution in [3.63, 3.8) is 0 Å². The second-order valence-electron chi connectivity index (χ2n) is 8.94. The molecule has 1 unspecified atom stereocenters. The first-order valence-electron chi connectivity index (χ1n) is 11.5. The topological polar surface area (TPSA) is 52.7 Å². The number of nitrogens with zero attached hydrogens (tertiary/aromatic N) is 2. The third-order valence-electron chi connectivity index (χ3n) is 6.54. The molecule has 2 aromatic carbocycles. The minimum Gasteiger partial charge on any atom is -0.351 e. The number of nitrogens with one attached hydrogen (secondary N) is 1. The molecule has 0 radical (unpaired) electrons. The van der Waals surface area contributed by atoms with E-state index >= 15 is 0 Å². The quantitative estimate of drug-likeness (QED) is 0.672. The number of rotatable bonds is 9. The molecule has 1 heterocycles. The van der Waals surface area contributed by atoms with Gasteiger partial charge in [0.05, 0.1) is 6.54 Å². The molecule has 0 bridgehead atoms. The van der Waals surface area contributed by atoms with Crippen molar-refractivity contribution in [2.45, 2.75) is 51.7 Å². The molecule has 1 N–H and O–H groups in total. The molecular formula is C26H33N3O2. The second kappa shape index (κ2) is 10.1. The third-order valence-corrected chi connectivity index (χ3v) is 6.54. The van der Waals surface area contributed by atoms with Crippen LogP contribution in [-0.2, 0) is 17.9 Å². The van der Waals surface area contributed by atoms with Crippen LogP contribution in [0.5, 0.6) is 0 Å². The number of carbonyl (C=O) groups is 2. The lowest BCUT2D eigenvalue weighted by atomic mass is 10.1. The van der Waals surface area contributed by atoms with E-state index in [1.54, 1.807) is 0 Å². The predicted molar refractivity (Wildman–Crippen MR) is 122 cm³/mol. The summed E-state index contributed by atoms with van der Waals surface area (Å²) in [6, 6.07) is 18.4. The lowest BCUT2D eigenvalue weighted by Crippen LogP contribution is -2.42. The Balaban J connectivity index is 1.30. The average molecular weight is 420 g/mol. The summed E-state index contributed by atoms with van der Waals surface area (Å²) in [5.74, 6) is 0.858. The first-order chi connectivity index (χ1) is 15.1. The molecule has 1 saturated heterocycles. The van der Waals surface area contributed by atoms with E-state index in [4.69, 9.17) is 0 Å². The molecule has 1 aliphatic heterocycles. The molecule has 1 aliphatic carbocycles. The lowest BCUT2D eigenvalue weighted by Gasteiger charge is -2.28. The van der Waals surface area contributed by atoms with Gasteiger partial charge < -0.3 is 10.2 Å². The first kappa shape index (κ1) is 21.6. The maximum Gasteiger partial charge on any atom is 0.253 e. The highest BCUT2D eigenvalue weighted by Crippen LogP contribution is 2.35. The Morgan fingerprint density at radius 3 is 2.32 bits per heavy atom. The van der Waals surface area contributed by atoms with Crippen molar-refractivity contribution in [1.29, 1.82) is 0 Å². The number of hydrogen-bond acceptors (Lipinski definition) is 3. The highest BCUT2D eigenvalue weighted by molar-refractivity contribution is 5.94. The molecule has 1 atom stereocenters. The Morgan fingerprint density at radius 1 is 1.00 bits per heavy atom. The summed E-state index contributed by atoms with van der Waals surface area (Å²) in [6.45, 7) is 5.63. The van der Waals surface area contributed by atoms with Crippen LogP contribution in [0.15, 0.2) is 54.6 Å². The van der Waals surface area contributed by atoms with Crippen LogP contribution in [0.1, 0.15) is 54.1 Å². The minimum absolute atomic E-state index is 0.0423. The monoisotopic (exact) mass is 419 g/mol. The molecule has 2 aliphatic rings. The summed E-state index contributed by atoms with van der Waals surface area (Å²) in [6.07, 6.45) is 4.71. The van der Waals surface area contributed by atoms with Crippen molar-refractivity contribution in [2.75, 3.05) is 19.6 Å². The van der Waals surface area contributed by atoms with Crippen LogP contribution in [0.2, 0.25) is 0 Å². The van der Waals surface area contributed by atoms with E-state index in [1.807, 2.05) is 47.4 Å². The number of hydrogen-bond donors (Lipinski definition) is 1. The van der Waals surface area contributed by atoms with Crippen molar-refractivity contribution in [3.05, 3.63) is 71.3 Å². The van der Waals surface area contributed by atoms with Crippen molar-refractivity contribution in [3.8, 4) is 0 Å².